The first-order chi connectivity index (χ1) is 9.10. The van der Waals surface area contributed by atoms with Gasteiger partial charge < -0.3 is 4.74 Å². The molecule has 0 saturated carbocycles. The summed E-state index contributed by atoms with van der Waals surface area (Å²) in [6.07, 6.45) is 0.668. The van der Waals surface area contributed by atoms with E-state index in [4.69, 9.17) is 4.74 Å². The number of halogens is 1. The Morgan fingerprint density at radius 2 is 1.95 bits per heavy atom. The third kappa shape index (κ3) is 3.17. The van der Waals surface area contributed by atoms with Crippen LogP contribution in [0, 0.1) is 10.1 Å². The highest BCUT2D eigenvalue weighted by molar-refractivity contribution is 9.10. The van der Waals surface area contributed by atoms with Gasteiger partial charge in [-0.3, -0.25) is 14.9 Å². The van der Waals surface area contributed by atoms with Gasteiger partial charge in [0.25, 0.3) is 5.69 Å². The number of aldehydes is 1. The molecule has 2 rings (SSSR count). The quantitative estimate of drug-likeness (QED) is 0.485. The molecule has 0 aliphatic rings. The number of hydrogen-bond donors (Lipinski definition) is 0. The molecule has 0 radical (unpaired) electrons. The van der Waals surface area contributed by atoms with Crippen LogP contribution in [0.1, 0.15) is 10.4 Å². The van der Waals surface area contributed by atoms with Crippen molar-refractivity contribution in [3.63, 3.8) is 0 Å². The molecule has 96 valence electrons. The van der Waals surface area contributed by atoms with Crippen LogP contribution in [0.4, 0.5) is 5.69 Å². The summed E-state index contributed by atoms with van der Waals surface area (Å²) >= 11 is 3.18. The first-order valence-electron chi connectivity index (χ1n) is 5.27. The molecule has 0 atom stereocenters. The lowest BCUT2D eigenvalue weighted by Gasteiger charge is -2.08. The monoisotopic (exact) mass is 321 g/mol. The summed E-state index contributed by atoms with van der Waals surface area (Å²) in [5.74, 6) is 0.639. The van der Waals surface area contributed by atoms with E-state index in [0.717, 1.165) is 0 Å². The van der Waals surface area contributed by atoms with Crippen LogP contribution in [-0.4, -0.2) is 11.2 Å². The van der Waals surface area contributed by atoms with Crippen LogP contribution in [0.25, 0.3) is 0 Å². The summed E-state index contributed by atoms with van der Waals surface area (Å²) in [6.45, 7) is 0. The second-order valence-corrected chi connectivity index (χ2v) is 4.58. The molecule has 0 aliphatic heterocycles. The van der Waals surface area contributed by atoms with Crippen LogP contribution in [0.5, 0.6) is 11.5 Å². The average Bonchev–Trinajstić information content (AvgIpc) is 2.38. The van der Waals surface area contributed by atoms with Gasteiger partial charge in [-0.25, -0.2) is 0 Å². The maximum Gasteiger partial charge on any atom is 0.274 e. The van der Waals surface area contributed by atoms with Gasteiger partial charge in [0.05, 0.1) is 16.6 Å². The van der Waals surface area contributed by atoms with Gasteiger partial charge in [0.2, 0.25) is 0 Å². The smallest absolute Gasteiger partial charge is 0.274 e. The van der Waals surface area contributed by atoms with E-state index in [9.17, 15) is 14.9 Å². The molecule has 0 saturated heterocycles. The van der Waals surface area contributed by atoms with E-state index in [1.807, 2.05) is 0 Å². The van der Waals surface area contributed by atoms with Gasteiger partial charge >= 0.3 is 0 Å². The summed E-state index contributed by atoms with van der Waals surface area (Å²) in [5.41, 5.74) is 0.290. The number of carbonyl (C=O) groups is 1. The molecule has 19 heavy (non-hydrogen) atoms. The SMILES string of the molecule is O=Cc1ccccc1Oc1cc(Br)cc([N+](=O)[O-])c1. The zero-order valence-corrected chi connectivity index (χ0v) is 11.2. The highest BCUT2D eigenvalue weighted by Crippen LogP contribution is 2.30. The van der Waals surface area contributed by atoms with Crippen molar-refractivity contribution in [3.8, 4) is 11.5 Å². The lowest BCUT2D eigenvalue weighted by Crippen LogP contribution is -1.92. The van der Waals surface area contributed by atoms with Gasteiger partial charge in [-0.15, -0.1) is 0 Å². The number of carbonyl (C=O) groups excluding carboxylic acids is 1. The van der Waals surface area contributed by atoms with Crippen LogP contribution in [0.15, 0.2) is 46.9 Å². The molecule has 0 fully saturated rings. The molecular formula is C13H8BrNO4. The number of hydrogen-bond acceptors (Lipinski definition) is 4. The number of nitro benzene ring substituents is 1. The summed E-state index contributed by atoms with van der Waals surface area (Å²) in [5, 5.41) is 10.8. The molecule has 0 amide bonds. The first kappa shape index (κ1) is 13.2. The number of rotatable bonds is 4. The maximum atomic E-state index is 10.9. The Morgan fingerprint density at radius 3 is 2.63 bits per heavy atom. The van der Waals surface area contributed by atoms with Gasteiger partial charge in [0.1, 0.15) is 11.5 Å². The molecule has 0 aromatic heterocycles. The van der Waals surface area contributed by atoms with E-state index in [1.165, 1.54) is 12.1 Å². The topological polar surface area (TPSA) is 69.4 Å². The van der Waals surface area contributed by atoms with Gasteiger partial charge in [-0.1, -0.05) is 28.1 Å². The van der Waals surface area contributed by atoms with Crippen LogP contribution < -0.4 is 4.74 Å². The summed E-state index contributed by atoms with van der Waals surface area (Å²) < 4.78 is 6.03. The summed E-state index contributed by atoms with van der Waals surface area (Å²) in [4.78, 5) is 21.1. The number of non-ortho nitro benzene ring substituents is 1. The summed E-state index contributed by atoms with van der Waals surface area (Å²) in [7, 11) is 0. The normalized spacial score (nSPS) is 9.95. The van der Waals surface area contributed by atoms with E-state index in [2.05, 4.69) is 15.9 Å². The Bertz CT molecular complexity index is 642. The molecule has 2 aromatic rings. The predicted octanol–water partition coefficient (Wildman–Crippen LogP) is 3.96. The lowest BCUT2D eigenvalue weighted by molar-refractivity contribution is -0.385. The average molecular weight is 322 g/mol. The highest BCUT2D eigenvalue weighted by Gasteiger charge is 2.11. The van der Waals surface area contributed by atoms with Crippen LogP contribution in [-0.2, 0) is 0 Å². The second-order valence-electron chi connectivity index (χ2n) is 3.66. The predicted molar refractivity (Wildman–Crippen MR) is 72.7 cm³/mol. The third-order valence-electron chi connectivity index (χ3n) is 2.34. The molecule has 0 aliphatic carbocycles. The van der Waals surface area contributed by atoms with E-state index < -0.39 is 4.92 Å². The van der Waals surface area contributed by atoms with E-state index in [-0.39, 0.29) is 11.4 Å². The maximum absolute atomic E-state index is 10.9. The lowest BCUT2D eigenvalue weighted by atomic mass is 10.2. The molecule has 5 nitrogen and oxygen atoms in total. The zero-order valence-electron chi connectivity index (χ0n) is 9.58. The number of benzene rings is 2. The number of ether oxygens (including phenoxy) is 1. The second kappa shape index (κ2) is 5.62. The first-order valence-corrected chi connectivity index (χ1v) is 6.06. The largest absolute Gasteiger partial charge is 0.456 e. The zero-order chi connectivity index (χ0) is 13.8. The molecule has 0 spiro atoms. The standard InChI is InChI=1S/C13H8BrNO4/c14-10-5-11(15(17)18)7-12(6-10)19-13-4-2-1-3-9(13)8-16/h1-8H. The van der Waals surface area contributed by atoms with Crippen molar-refractivity contribution in [2.24, 2.45) is 0 Å². The Labute approximate surface area is 117 Å². The van der Waals surface area contributed by atoms with Crippen molar-refractivity contribution in [2.45, 2.75) is 0 Å². The van der Waals surface area contributed by atoms with Crippen molar-refractivity contribution >= 4 is 27.9 Å². The molecule has 6 heteroatoms. The highest BCUT2D eigenvalue weighted by atomic mass is 79.9. The Balaban J connectivity index is 2.38. The van der Waals surface area contributed by atoms with Crippen molar-refractivity contribution in [3.05, 3.63) is 62.6 Å². The van der Waals surface area contributed by atoms with Crippen molar-refractivity contribution in [1.29, 1.82) is 0 Å². The number of nitrogens with zero attached hydrogens (tertiary/aromatic N) is 1. The van der Waals surface area contributed by atoms with Crippen molar-refractivity contribution in [1.82, 2.24) is 0 Å². The van der Waals surface area contributed by atoms with Crippen molar-refractivity contribution in [2.75, 3.05) is 0 Å². The number of nitro groups is 1. The molecular weight excluding hydrogens is 314 g/mol. The Hall–Kier alpha value is -2.21. The van der Waals surface area contributed by atoms with E-state index in [0.29, 0.717) is 22.1 Å². The molecule has 0 bridgehead atoms. The molecule has 0 heterocycles. The Morgan fingerprint density at radius 1 is 1.21 bits per heavy atom. The van der Waals surface area contributed by atoms with Gasteiger partial charge in [-0.2, -0.15) is 0 Å². The molecule has 2 aromatic carbocycles. The molecule has 0 N–H and O–H groups in total. The third-order valence-corrected chi connectivity index (χ3v) is 2.80. The molecule has 0 unspecified atom stereocenters. The fourth-order valence-electron chi connectivity index (χ4n) is 1.51. The fourth-order valence-corrected chi connectivity index (χ4v) is 1.97. The van der Waals surface area contributed by atoms with Crippen molar-refractivity contribution < 1.29 is 14.5 Å². The summed E-state index contributed by atoms with van der Waals surface area (Å²) in [6, 6.07) is 10.9. The minimum atomic E-state index is -0.511. The Kier molecular flexibility index (Phi) is 3.91. The van der Waals surface area contributed by atoms with Gasteiger partial charge in [0, 0.05) is 10.5 Å². The van der Waals surface area contributed by atoms with Crippen LogP contribution >= 0.6 is 15.9 Å². The van der Waals surface area contributed by atoms with Gasteiger partial charge in [0.15, 0.2) is 6.29 Å². The van der Waals surface area contributed by atoms with Crippen LogP contribution in [0.2, 0.25) is 0 Å². The minimum Gasteiger partial charge on any atom is -0.456 e. The van der Waals surface area contributed by atoms with E-state index in [1.54, 1.807) is 30.3 Å². The number of para-hydroxylation sites is 1. The van der Waals surface area contributed by atoms with E-state index >= 15 is 0 Å². The minimum absolute atomic E-state index is 0.0899. The van der Waals surface area contributed by atoms with Crippen LogP contribution in [0.3, 0.4) is 0 Å². The fraction of sp³-hybridized carbons (Fsp3) is 0. The van der Waals surface area contributed by atoms with Gasteiger partial charge in [-0.05, 0) is 18.2 Å².